The summed E-state index contributed by atoms with van der Waals surface area (Å²) in [7, 11) is -4.18. The van der Waals surface area contributed by atoms with E-state index in [0.717, 1.165) is 39.7 Å². The first-order chi connectivity index (χ1) is 15.8. The minimum atomic E-state index is -4.18. The van der Waals surface area contributed by atoms with Crippen molar-refractivity contribution >= 4 is 21.6 Å². The molecular weight excluding hydrogens is 457 g/mol. The number of carbonyl (C=O) groups is 1. The maximum atomic E-state index is 13.4. The monoisotopic (exact) mass is 476 g/mol. The molecule has 1 amide bonds. The average Bonchev–Trinajstić information content (AvgIpc) is 2.79. The van der Waals surface area contributed by atoms with E-state index in [-0.39, 0.29) is 29.3 Å². The van der Waals surface area contributed by atoms with Crippen molar-refractivity contribution in [3.63, 3.8) is 0 Å². The number of carbonyl (C=O) groups excluding carboxylic acids is 1. The Morgan fingerprint density at radius 2 is 1.61 bits per heavy atom. The minimum Gasteiger partial charge on any atom is -0.433 e. The maximum absolute atomic E-state index is 13.4. The molecule has 1 heterocycles. The van der Waals surface area contributed by atoms with Gasteiger partial charge in [-0.25, -0.2) is 12.8 Å². The fourth-order valence-electron chi connectivity index (χ4n) is 3.70. The van der Waals surface area contributed by atoms with Crippen molar-refractivity contribution in [2.75, 3.05) is 5.32 Å². The number of nitrogens with one attached hydrogen (secondary N) is 1. The predicted octanol–water partition coefficient (Wildman–Crippen LogP) is 4.18. The van der Waals surface area contributed by atoms with E-state index in [1.54, 1.807) is 24.3 Å². The van der Waals surface area contributed by atoms with E-state index in [0.29, 0.717) is 0 Å². The number of hydrogen-bond acceptors (Lipinski definition) is 4. The third-order valence-corrected chi connectivity index (χ3v) is 7.16. The quantitative estimate of drug-likeness (QED) is 0.579. The van der Waals surface area contributed by atoms with Gasteiger partial charge in [0, 0.05) is 6.54 Å². The van der Waals surface area contributed by atoms with Gasteiger partial charge in [-0.3, -0.25) is 4.79 Å². The van der Waals surface area contributed by atoms with Crippen LogP contribution < -0.4 is 10.1 Å². The molecule has 0 saturated carbocycles. The van der Waals surface area contributed by atoms with Crippen LogP contribution in [0.15, 0.2) is 77.7 Å². The largest absolute Gasteiger partial charge is 0.433 e. The van der Waals surface area contributed by atoms with Crippen molar-refractivity contribution in [1.82, 2.24) is 4.31 Å². The average molecular weight is 476 g/mol. The normalized spacial score (nSPS) is 16.3. The number of rotatable bonds is 6. The number of ether oxygens (including phenoxy) is 1. The number of halogens is 3. The fraction of sp³-hybridized carbons (Fsp3) is 0.174. The highest BCUT2D eigenvalue weighted by Gasteiger charge is 2.39. The molecule has 1 aliphatic rings. The molecule has 3 aromatic rings. The summed E-state index contributed by atoms with van der Waals surface area (Å²) < 4.78 is 71.1. The summed E-state index contributed by atoms with van der Waals surface area (Å²) >= 11 is 0. The van der Waals surface area contributed by atoms with E-state index >= 15 is 0 Å². The second-order valence-corrected chi connectivity index (χ2v) is 9.25. The lowest BCUT2D eigenvalue weighted by atomic mass is 9.95. The lowest BCUT2D eigenvalue weighted by Crippen LogP contribution is -2.50. The van der Waals surface area contributed by atoms with Crippen LogP contribution in [-0.4, -0.2) is 31.3 Å². The Morgan fingerprint density at radius 1 is 0.970 bits per heavy atom. The van der Waals surface area contributed by atoms with Crippen molar-refractivity contribution in [3.8, 4) is 5.75 Å². The number of benzene rings is 3. The second-order valence-electron chi connectivity index (χ2n) is 7.36. The van der Waals surface area contributed by atoms with E-state index in [1.165, 1.54) is 24.3 Å². The Bertz CT molecular complexity index is 1270. The van der Waals surface area contributed by atoms with Crippen LogP contribution in [0.1, 0.15) is 11.1 Å². The molecule has 0 saturated heterocycles. The molecule has 1 aliphatic heterocycles. The maximum Gasteiger partial charge on any atom is 0.387 e. The van der Waals surface area contributed by atoms with Gasteiger partial charge in [0.2, 0.25) is 15.9 Å². The molecular formula is C23H19F3N2O4S. The summed E-state index contributed by atoms with van der Waals surface area (Å²) in [5.74, 6) is -1.55. The summed E-state index contributed by atoms with van der Waals surface area (Å²) in [6, 6.07) is 15.9. The zero-order valence-corrected chi connectivity index (χ0v) is 17.9. The summed E-state index contributed by atoms with van der Waals surface area (Å²) in [5.41, 5.74) is 1.51. The van der Waals surface area contributed by atoms with Gasteiger partial charge in [0.1, 0.15) is 17.6 Å². The van der Waals surface area contributed by atoms with Crippen LogP contribution >= 0.6 is 0 Å². The summed E-state index contributed by atoms with van der Waals surface area (Å²) in [6.45, 7) is -3.18. The molecule has 0 spiro atoms. The highest BCUT2D eigenvalue weighted by atomic mass is 32.2. The lowest BCUT2D eigenvalue weighted by Gasteiger charge is -2.35. The van der Waals surface area contributed by atoms with E-state index in [1.807, 2.05) is 0 Å². The molecule has 3 aromatic carbocycles. The topological polar surface area (TPSA) is 75.7 Å². The zero-order chi connectivity index (χ0) is 23.6. The Kier molecular flexibility index (Phi) is 6.39. The van der Waals surface area contributed by atoms with Gasteiger partial charge in [-0.2, -0.15) is 13.1 Å². The van der Waals surface area contributed by atoms with E-state index in [2.05, 4.69) is 10.1 Å². The number of nitrogens with zero attached hydrogens (tertiary/aromatic N) is 1. The molecule has 0 fully saturated rings. The van der Waals surface area contributed by atoms with Gasteiger partial charge >= 0.3 is 6.61 Å². The first-order valence-corrected chi connectivity index (χ1v) is 11.4. The van der Waals surface area contributed by atoms with Crippen molar-refractivity contribution in [3.05, 3.63) is 89.7 Å². The summed E-state index contributed by atoms with van der Waals surface area (Å²) in [6.07, 6.45) is 0.0697. The van der Waals surface area contributed by atoms with Crippen molar-refractivity contribution < 1.29 is 31.1 Å². The van der Waals surface area contributed by atoms with Crippen LogP contribution in [0, 0.1) is 5.82 Å². The smallest absolute Gasteiger partial charge is 0.387 e. The van der Waals surface area contributed by atoms with Crippen LogP contribution in [0.2, 0.25) is 0 Å². The Hall–Kier alpha value is -3.37. The van der Waals surface area contributed by atoms with Gasteiger partial charge in [0.15, 0.2) is 0 Å². The van der Waals surface area contributed by atoms with Crippen LogP contribution in [0.5, 0.6) is 5.75 Å². The molecule has 1 atom stereocenters. The fourth-order valence-corrected chi connectivity index (χ4v) is 5.27. The van der Waals surface area contributed by atoms with Gasteiger partial charge in [-0.05, 0) is 53.9 Å². The van der Waals surface area contributed by atoms with Crippen LogP contribution in [0.3, 0.4) is 0 Å². The molecule has 10 heteroatoms. The van der Waals surface area contributed by atoms with E-state index < -0.39 is 34.4 Å². The summed E-state index contributed by atoms with van der Waals surface area (Å²) in [5, 5.41) is 2.52. The number of anilines is 1. The van der Waals surface area contributed by atoms with Gasteiger partial charge in [-0.1, -0.05) is 36.4 Å². The zero-order valence-electron chi connectivity index (χ0n) is 17.1. The van der Waals surface area contributed by atoms with Crippen LogP contribution in [0.4, 0.5) is 18.9 Å². The highest BCUT2D eigenvalue weighted by Crippen LogP contribution is 2.31. The number of para-hydroxylation sites is 2. The summed E-state index contributed by atoms with van der Waals surface area (Å²) in [4.78, 5) is 13.1. The number of alkyl halides is 2. The first kappa shape index (κ1) is 22.8. The first-order valence-electron chi connectivity index (χ1n) is 9.94. The second kappa shape index (κ2) is 9.24. The predicted molar refractivity (Wildman–Crippen MR) is 115 cm³/mol. The van der Waals surface area contributed by atoms with Crippen LogP contribution in [-0.2, 0) is 27.8 Å². The third-order valence-electron chi connectivity index (χ3n) is 5.29. The molecule has 4 rings (SSSR count). The lowest BCUT2D eigenvalue weighted by molar-refractivity contribution is -0.120. The Balaban J connectivity index is 1.70. The van der Waals surface area contributed by atoms with E-state index in [9.17, 15) is 26.4 Å². The SMILES string of the molecule is O=C(Nc1ccccc1OC(F)F)C1Cc2ccccc2CN1S(=O)(=O)c1ccc(F)cc1. The van der Waals surface area contributed by atoms with Gasteiger partial charge < -0.3 is 10.1 Å². The Morgan fingerprint density at radius 3 is 2.30 bits per heavy atom. The van der Waals surface area contributed by atoms with Gasteiger partial charge in [0.25, 0.3) is 0 Å². The van der Waals surface area contributed by atoms with E-state index in [4.69, 9.17) is 0 Å². The minimum absolute atomic E-state index is 0.0132. The Labute approximate surface area is 188 Å². The number of hydrogen-bond donors (Lipinski definition) is 1. The van der Waals surface area contributed by atoms with Crippen molar-refractivity contribution in [2.24, 2.45) is 0 Å². The number of sulfonamides is 1. The van der Waals surface area contributed by atoms with Gasteiger partial charge in [0.05, 0.1) is 10.6 Å². The molecule has 33 heavy (non-hydrogen) atoms. The molecule has 6 nitrogen and oxygen atoms in total. The van der Waals surface area contributed by atoms with Gasteiger partial charge in [-0.15, -0.1) is 0 Å². The molecule has 172 valence electrons. The van der Waals surface area contributed by atoms with Crippen molar-refractivity contribution in [2.45, 2.75) is 30.5 Å². The molecule has 0 aliphatic carbocycles. The van der Waals surface area contributed by atoms with Crippen molar-refractivity contribution in [1.29, 1.82) is 0 Å². The molecule has 1 unspecified atom stereocenters. The number of amides is 1. The standard InChI is InChI=1S/C23H19F3N2O4S/c24-17-9-11-18(12-10-17)33(30,31)28-14-16-6-2-1-5-15(16)13-20(28)22(29)27-19-7-3-4-8-21(19)32-23(25)26/h1-12,20,23H,13-14H2,(H,27,29). The third kappa shape index (κ3) is 4.86. The molecule has 1 N–H and O–H groups in total. The van der Waals surface area contributed by atoms with Crippen LogP contribution in [0.25, 0.3) is 0 Å². The highest BCUT2D eigenvalue weighted by molar-refractivity contribution is 7.89. The number of fused-ring (bicyclic) bond motifs is 1. The molecule has 0 radical (unpaired) electrons. The molecule has 0 aromatic heterocycles. The molecule has 0 bridgehead atoms.